The molecule has 1 heterocycles. The summed E-state index contributed by atoms with van der Waals surface area (Å²) < 4.78 is 5.29. The number of thioether (sulfide) groups is 1. The number of nitrogens with two attached hydrogens (primary N) is 1. The zero-order valence-corrected chi connectivity index (χ0v) is 12.4. The highest BCUT2D eigenvalue weighted by molar-refractivity contribution is 7.98. The van der Waals surface area contributed by atoms with Gasteiger partial charge >= 0.3 is 0 Å². The van der Waals surface area contributed by atoms with Crippen LogP contribution in [0.15, 0.2) is 57.9 Å². The summed E-state index contributed by atoms with van der Waals surface area (Å²) in [5.74, 6) is 1.89. The molecule has 106 valence electrons. The summed E-state index contributed by atoms with van der Waals surface area (Å²) in [6.45, 7) is 2.06. The molecular formula is C16H15N3OS. The number of aryl methyl sites for hydroxylation is 1. The molecule has 0 aliphatic heterocycles. The Hall–Kier alpha value is -2.27. The fourth-order valence-electron chi connectivity index (χ4n) is 1.93. The lowest BCUT2D eigenvalue weighted by molar-refractivity contribution is 0.425. The Balaban J connectivity index is 1.72. The topological polar surface area (TPSA) is 64.9 Å². The molecule has 0 aliphatic rings. The number of aromatic nitrogens is 2. The molecule has 0 aliphatic carbocycles. The van der Waals surface area contributed by atoms with Crippen molar-refractivity contribution >= 4 is 17.4 Å². The molecule has 0 saturated heterocycles. The fraction of sp³-hybridized carbons (Fsp3) is 0.125. The van der Waals surface area contributed by atoms with Crippen LogP contribution in [0.3, 0.4) is 0 Å². The number of nitrogen functional groups attached to an aromatic ring is 1. The summed E-state index contributed by atoms with van der Waals surface area (Å²) in [4.78, 5) is 5.56. The van der Waals surface area contributed by atoms with E-state index < -0.39 is 0 Å². The lowest BCUT2D eigenvalue weighted by Gasteiger charge is -2.04. The monoisotopic (exact) mass is 297 g/mol. The average molecular weight is 297 g/mol. The van der Waals surface area contributed by atoms with Crippen molar-refractivity contribution in [3.8, 4) is 11.5 Å². The van der Waals surface area contributed by atoms with Crippen molar-refractivity contribution in [3.63, 3.8) is 0 Å². The van der Waals surface area contributed by atoms with E-state index in [-0.39, 0.29) is 0 Å². The van der Waals surface area contributed by atoms with Gasteiger partial charge < -0.3 is 10.3 Å². The smallest absolute Gasteiger partial charge is 0.257 e. The van der Waals surface area contributed by atoms with Gasteiger partial charge in [-0.3, -0.25) is 0 Å². The minimum absolute atomic E-state index is 0.551. The van der Waals surface area contributed by atoms with Gasteiger partial charge in [-0.1, -0.05) is 29.4 Å². The van der Waals surface area contributed by atoms with Gasteiger partial charge in [0, 0.05) is 16.1 Å². The minimum atomic E-state index is 0.551. The largest absolute Gasteiger partial charge is 0.399 e. The van der Waals surface area contributed by atoms with Crippen LogP contribution in [0.4, 0.5) is 5.69 Å². The van der Waals surface area contributed by atoms with Gasteiger partial charge in [-0.15, -0.1) is 11.8 Å². The number of hydrogen-bond acceptors (Lipinski definition) is 5. The third-order valence-electron chi connectivity index (χ3n) is 3.06. The summed E-state index contributed by atoms with van der Waals surface area (Å²) in [5, 5.41) is 4.02. The van der Waals surface area contributed by atoms with Crippen LogP contribution in [0, 0.1) is 6.92 Å². The first-order chi connectivity index (χ1) is 10.2. The van der Waals surface area contributed by atoms with Gasteiger partial charge in [0.2, 0.25) is 0 Å². The van der Waals surface area contributed by atoms with Gasteiger partial charge in [-0.05, 0) is 36.8 Å². The molecule has 1 aromatic heterocycles. The molecule has 5 heteroatoms. The van der Waals surface area contributed by atoms with Gasteiger partial charge in [0.15, 0.2) is 5.82 Å². The number of rotatable bonds is 4. The summed E-state index contributed by atoms with van der Waals surface area (Å²) in [6.07, 6.45) is 0. The molecule has 21 heavy (non-hydrogen) atoms. The van der Waals surface area contributed by atoms with Crippen LogP contribution in [0.5, 0.6) is 0 Å². The number of anilines is 1. The Labute approximate surface area is 127 Å². The van der Waals surface area contributed by atoms with E-state index >= 15 is 0 Å². The summed E-state index contributed by atoms with van der Waals surface area (Å²) in [7, 11) is 0. The molecule has 0 atom stereocenters. The lowest BCUT2D eigenvalue weighted by atomic mass is 10.2. The molecule has 0 spiro atoms. The van der Waals surface area contributed by atoms with Crippen LogP contribution < -0.4 is 5.73 Å². The maximum Gasteiger partial charge on any atom is 0.257 e. The highest BCUT2D eigenvalue weighted by atomic mass is 32.2. The van der Waals surface area contributed by atoms with Crippen molar-refractivity contribution in [2.24, 2.45) is 0 Å². The van der Waals surface area contributed by atoms with Crippen molar-refractivity contribution in [1.29, 1.82) is 0 Å². The maximum atomic E-state index is 5.81. The third-order valence-corrected chi connectivity index (χ3v) is 4.21. The first kappa shape index (κ1) is 13.7. The highest BCUT2D eigenvalue weighted by Gasteiger charge is 2.09. The van der Waals surface area contributed by atoms with Gasteiger partial charge in [0.05, 0.1) is 5.75 Å². The number of hydrogen-bond donors (Lipinski definition) is 1. The van der Waals surface area contributed by atoms with E-state index in [2.05, 4.69) is 17.1 Å². The first-order valence-electron chi connectivity index (χ1n) is 6.59. The molecule has 0 unspecified atom stereocenters. The van der Waals surface area contributed by atoms with Crippen molar-refractivity contribution < 1.29 is 4.52 Å². The zero-order valence-electron chi connectivity index (χ0n) is 11.6. The van der Waals surface area contributed by atoms with E-state index in [0.29, 0.717) is 17.5 Å². The van der Waals surface area contributed by atoms with Crippen LogP contribution in [0.1, 0.15) is 11.4 Å². The Morgan fingerprint density at radius 2 is 1.95 bits per heavy atom. The van der Waals surface area contributed by atoms with E-state index in [1.54, 1.807) is 11.8 Å². The van der Waals surface area contributed by atoms with Crippen LogP contribution in [-0.4, -0.2) is 10.1 Å². The average Bonchev–Trinajstić information content (AvgIpc) is 2.98. The van der Waals surface area contributed by atoms with Crippen LogP contribution in [-0.2, 0) is 5.75 Å². The van der Waals surface area contributed by atoms with Crippen molar-refractivity contribution in [1.82, 2.24) is 10.1 Å². The number of benzene rings is 2. The van der Waals surface area contributed by atoms with Gasteiger partial charge in [-0.25, -0.2) is 0 Å². The molecule has 2 aromatic carbocycles. The van der Waals surface area contributed by atoms with Crippen molar-refractivity contribution in [2.45, 2.75) is 17.6 Å². The SMILES string of the molecule is Cc1ccc(N)cc1SCc1noc(-c2ccccc2)n1. The summed E-state index contributed by atoms with van der Waals surface area (Å²) >= 11 is 1.66. The second-order valence-electron chi connectivity index (χ2n) is 4.70. The quantitative estimate of drug-likeness (QED) is 0.584. The Morgan fingerprint density at radius 1 is 1.14 bits per heavy atom. The van der Waals surface area contributed by atoms with Gasteiger partial charge in [0.1, 0.15) is 0 Å². The lowest BCUT2D eigenvalue weighted by Crippen LogP contribution is -1.89. The van der Waals surface area contributed by atoms with Gasteiger partial charge in [0.25, 0.3) is 5.89 Å². The van der Waals surface area contributed by atoms with E-state index in [9.17, 15) is 0 Å². The second kappa shape index (κ2) is 6.01. The fourth-order valence-corrected chi connectivity index (χ4v) is 2.84. The van der Waals surface area contributed by atoms with Crippen LogP contribution >= 0.6 is 11.8 Å². The van der Waals surface area contributed by atoms with Crippen molar-refractivity contribution in [2.75, 3.05) is 5.73 Å². The van der Waals surface area contributed by atoms with E-state index in [0.717, 1.165) is 16.1 Å². The predicted molar refractivity (Wildman–Crippen MR) is 84.9 cm³/mol. The predicted octanol–water partition coefficient (Wildman–Crippen LogP) is 3.92. The molecule has 0 amide bonds. The Kier molecular flexibility index (Phi) is 3.92. The normalized spacial score (nSPS) is 10.7. The van der Waals surface area contributed by atoms with E-state index in [1.165, 1.54) is 5.56 Å². The molecule has 3 rings (SSSR count). The molecule has 3 aromatic rings. The van der Waals surface area contributed by atoms with Crippen LogP contribution in [0.2, 0.25) is 0 Å². The van der Waals surface area contributed by atoms with E-state index in [1.807, 2.05) is 48.5 Å². The Morgan fingerprint density at radius 3 is 2.76 bits per heavy atom. The second-order valence-corrected chi connectivity index (χ2v) is 5.71. The molecular weight excluding hydrogens is 282 g/mol. The molecule has 0 saturated carbocycles. The molecule has 0 bridgehead atoms. The van der Waals surface area contributed by atoms with Crippen molar-refractivity contribution in [3.05, 3.63) is 59.9 Å². The number of nitrogens with zero attached hydrogens (tertiary/aromatic N) is 2. The summed E-state index contributed by atoms with van der Waals surface area (Å²) in [6, 6.07) is 15.6. The Bertz CT molecular complexity index is 740. The molecule has 0 fully saturated rings. The molecule has 4 nitrogen and oxygen atoms in total. The van der Waals surface area contributed by atoms with Gasteiger partial charge in [-0.2, -0.15) is 4.98 Å². The van der Waals surface area contributed by atoms with E-state index in [4.69, 9.17) is 10.3 Å². The standard InChI is InChI=1S/C16H15N3OS/c1-11-7-8-13(17)9-14(11)21-10-15-18-16(20-19-15)12-5-3-2-4-6-12/h2-9H,10,17H2,1H3. The van der Waals surface area contributed by atoms with Crippen LogP contribution in [0.25, 0.3) is 11.5 Å². The molecule has 0 radical (unpaired) electrons. The molecule has 2 N–H and O–H groups in total. The minimum Gasteiger partial charge on any atom is -0.399 e. The first-order valence-corrected chi connectivity index (χ1v) is 7.58. The maximum absolute atomic E-state index is 5.81. The summed E-state index contributed by atoms with van der Waals surface area (Å²) in [5.41, 5.74) is 8.71. The highest BCUT2D eigenvalue weighted by Crippen LogP contribution is 2.27. The third kappa shape index (κ3) is 3.25. The zero-order chi connectivity index (χ0) is 14.7.